The Kier molecular flexibility index (Phi) is 10.3. The van der Waals surface area contributed by atoms with E-state index in [1.54, 1.807) is 13.2 Å². The first-order valence-corrected chi connectivity index (χ1v) is 6.20. The van der Waals surface area contributed by atoms with Crippen LogP contribution in [0.3, 0.4) is 0 Å². The first kappa shape index (κ1) is 17.2. The lowest BCUT2D eigenvalue weighted by Gasteiger charge is -2.07. The summed E-state index contributed by atoms with van der Waals surface area (Å²) in [4.78, 5) is 0. The lowest BCUT2D eigenvalue weighted by Crippen LogP contribution is -2.09. The third-order valence-corrected chi connectivity index (χ3v) is 2.02. The molecule has 0 amide bonds. The van der Waals surface area contributed by atoms with E-state index in [-0.39, 0.29) is 11.3 Å². The quantitative estimate of drug-likeness (QED) is 0.768. The van der Waals surface area contributed by atoms with Crippen LogP contribution < -0.4 is 4.74 Å². The molecule has 1 aromatic rings. The van der Waals surface area contributed by atoms with Gasteiger partial charge < -0.3 is 19.3 Å². The van der Waals surface area contributed by atoms with Crippen molar-refractivity contribution < 1.29 is 19.3 Å². The molecular formula is C14H21NO4. The highest BCUT2D eigenvalue weighted by Gasteiger charge is 2.02. The van der Waals surface area contributed by atoms with E-state index >= 15 is 0 Å². The lowest BCUT2D eigenvalue weighted by molar-refractivity contribution is 0.0544. The third-order valence-electron chi connectivity index (χ3n) is 2.02. The second-order valence-corrected chi connectivity index (χ2v) is 3.24. The molecule has 0 aliphatic carbocycles. The second kappa shape index (κ2) is 11.3. The van der Waals surface area contributed by atoms with Gasteiger partial charge in [0, 0.05) is 13.2 Å². The molecule has 0 saturated heterocycles. The molecule has 5 heteroatoms. The maximum atomic E-state index is 9.41. The SMILES string of the molecule is CC.COCCOCCOc1ccc(C#N)c(O)c1. The number of rotatable bonds is 7. The van der Waals surface area contributed by atoms with Crippen LogP contribution in [0.1, 0.15) is 19.4 Å². The van der Waals surface area contributed by atoms with Crippen LogP contribution in [-0.2, 0) is 9.47 Å². The van der Waals surface area contributed by atoms with Crippen molar-refractivity contribution in [2.24, 2.45) is 0 Å². The molecule has 106 valence electrons. The summed E-state index contributed by atoms with van der Waals surface area (Å²) in [6.07, 6.45) is 0. The van der Waals surface area contributed by atoms with E-state index in [0.717, 1.165) is 0 Å². The van der Waals surface area contributed by atoms with Gasteiger partial charge in [-0.2, -0.15) is 5.26 Å². The monoisotopic (exact) mass is 267 g/mol. The van der Waals surface area contributed by atoms with Gasteiger partial charge in [-0.25, -0.2) is 0 Å². The second-order valence-electron chi connectivity index (χ2n) is 3.24. The van der Waals surface area contributed by atoms with Crippen LogP contribution in [0.4, 0.5) is 0 Å². The number of nitrogens with zero attached hydrogens (tertiary/aromatic N) is 1. The van der Waals surface area contributed by atoms with E-state index in [1.165, 1.54) is 12.1 Å². The minimum absolute atomic E-state index is 0.0784. The topological polar surface area (TPSA) is 71.7 Å². The molecule has 0 aromatic heterocycles. The van der Waals surface area contributed by atoms with E-state index in [0.29, 0.717) is 32.2 Å². The first-order chi connectivity index (χ1) is 9.27. The fraction of sp³-hybridized carbons (Fsp3) is 0.500. The van der Waals surface area contributed by atoms with Crippen LogP contribution in [0.5, 0.6) is 11.5 Å². The van der Waals surface area contributed by atoms with Crippen LogP contribution in [0, 0.1) is 11.3 Å². The Labute approximate surface area is 114 Å². The average Bonchev–Trinajstić information content (AvgIpc) is 2.45. The van der Waals surface area contributed by atoms with Gasteiger partial charge in [0.05, 0.1) is 25.4 Å². The van der Waals surface area contributed by atoms with Crippen molar-refractivity contribution in [3.05, 3.63) is 23.8 Å². The predicted octanol–water partition coefficient (Wildman–Crippen LogP) is 2.33. The molecule has 1 rings (SSSR count). The van der Waals surface area contributed by atoms with E-state index in [2.05, 4.69) is 0 Å². The molecule has 0 bridgehead atoms. The molecule has 0 radical (unpaired) electrons. The molecule has 19 heavy (non-hydrogen) atoms. The predicted molar refractivity (Wildman–Crippen MR) is 72.4 cm³/mol. The first-order valence-electron chi connectivity index (χ1n) is 6.20. The Morgan fingerprint density at radius 2 is 1.84 bits per heavy atom. The van der Waals surface area contributed by atoms with E-state index in [1.807, 2.05) is 19.9 Å². The van der Waals surface area contributed by atoms with Gasteiger partial charge >= 0.3 is 0 Å². The van der Waals surface area contributed by atoms with Crippen LogP contribution >= 0.6 is 0 Å². The summed E-state index contributed by atoms with van der Waals surface area (Å²) in [6, 6.07) is 6.42. The molecule has 0 atom stereocenters. The average molecular weight is 267 g/mol. The molecule has 0 aliphatic heterocycles. The van der Waals surface area contributed by atoms with Crippen molar-refractivity contribution in [2.75, 3.05) is 33.5 Å². The molecular weight excluding hydrogens is 246 g/mol. The zero-order chi connectivity index (χ0) is 14.5. The summed E-state index contributed by atoms with van der Waals surface area (Å²) in [5, 5.41) is 18.0. The standard InChI is InChI=1S/C12H15NO4.C2H6/c1-15-4-5-16-6-7-17-11-3-2-10(9-13)12(14)8-11;1-2/h2-3,8,14H,4-7H2,1H3;1-2H3. The van der Waals surface area contributed by atoms with Crippen molar-refractivity contribution in [1.82, 2.24) is 0 Å². The van der Waals surface area contributed by atoms with Crippen LogP contribution in [-0.4, -0.2) is 38.6 Å². The summed E-state index contributed by atoms with van der Waals surface area (Å²) in [5.74, 6) is 0.433. The molecule has 0 unspecified atom stereocenters. The fourth-order valence-corrected chi connectivity index (χ4v) is 1.16. The van der Waals surface area contributed by atoms with Crippen molar-refractivity contribution in [2.45, 2.75) is 13.8 Å². The van der Waals surface area contributed by atoms with Crippen LogP contribution in [0.25, 0.3) is 0 Å². The minimum atomic E-state index is -0.0784. The number of benzene rings is 1. The summed E-state index contributed by atoms with van der Waals surface area (Å²) in [6.45, 7) is 5.91. The highest BCUT2D eigenvalue weighted by molar-refractivity contribution is 5.46. The molecule has 5 nitrogen and oxygen atoms in total. The van der Waals surface area contributed by atoms with Gasteiger partial charge in [0.25, 0.3) is 0 Å². The highest BCUT2D eigenvalue weighted by Crippen LogP contribution is 2.22. The Morgan fingerprint density at radius 1 is 1.16 bits per heavy atom. The summed E-state index contributed by atoms with van der Waals surface area (Å²) < 4.78 is 15.4. The van der Waals surface area contributed by atoms with Gasteiger partial charge in [0.2, 0.25) is 0 Å². The Hall–Kier alpha value is -1.77. The van der Waals surface area contributed by atoms with Gasteiger partial charge in [-0.1, -0.05) is 13.8 Å². The Balaban J connectivity index is 0.00000154. The normalized spacial score (nSPS) is 9.16. The van der Waals surface area contributed by atoms with Gasteiger partial charge in [-0.05, 0) is 12.1 Å². The molecule has 0 fully saturated rings. The smallest absolute Gasteiger partial charge is 0.137 e. The van der Waals surface area contributed by atoms with Crippen molar-refractivity contribution in [3.63, 3.8) is 0 Å². The number of phenols is 1. The summed E-state index contributed by atoms with van der Waals surface area (Å²) in [7, 11) is 1.61. The van der Waals surface area contributed by atoms with Gasteiger partial charge in [0.1, 0.15) is 24.2 Å². The number of hydrogen-bond acceptors (Lipinski definition) is 5. The van der Waals surface area contributed by atoms with Crippen LogP contribution in [0.2, 0.25) is 0 Å². The number of ether oxygens (including phenoxy) is 3. The summed E-state index contributed by atoms with van der Waals surface area (Å²) >= 11 is 0. The van der Waals surface area contributed by atoms with E-state index in [4.69, 9.17) is 19.5 Å². The van der Waals surface area contributed by atoms with Crippen molar-refractivity contribution in [3.8, 4) is 17.6 Å². The van der Waals surface area contributed by atoms with Crippen LogP contribution in [0.15, 0.2) is 18.2 Å². The maximum absolute atomic E-state index is 9.41. The maximum Gasteiger partial charge on any atom is 0.137 e. The van der Waals surface area contributed by atoms with Crippen molar-refractivity contribution >= 4 is 0 Å². The fourth-order valence-electron chi connectivity index (χ4n) is 1.16. The molecule has 0 heterocycles. The number of methoxy groups -OCH3 is 1. The number of nitriles is 1. The largest absolute Gasteiger partial charge is 0.506 e. The molecule has 1 N–H and O–H groups in total. The number of hydrogen-bond donors (Lipinski definition) is 1. The molecule has 1 aromatic carbocycles. The zero-order valence-electron chi connectivity index (χ0n) is 11.7. The minimum Gasteiger partial charge on any atom is -0.506 e. The third kappa shape index (κ3) is 7.29. The molecule has 0 spiro atoms. The van der Waals surface area contributed by atoms with Crippen molar-refractivity contribution in [1.29, 1.82) is 5.26 Å². The zero-order valence-corrected chi connectivity index (χ0v) is 11.7. The Bertz CT molecular complexity index is 388. The van der Waals surface area contributed by atoms with Gasteiger partial charge in [-0.3, -0.25) is 0 Å². The van der Waals surface area contributed by atoms with E-state index in [9.17, 15) is 5.11 Å². The number of phenolic OH excluding ortho intramolecular Hbond substituents is 1. The summed E-state index contributed by atoms with van der Waals surface area (Å²) in [5.41, 5.74) is 0.230. The lowest BCUT2D eigenvalue weighted by atomic mass is 10.2. The molecule has 0 saturated carbocycles. The molecule has 0 aliphatic rings. The Morgan fingerprint density at radius 3 is 2.42 bits per heavy atom. The highest BCUT2D eigenvalue weighted by atomic mass is 16.5. The number of aromatic hydroxyl groups is 1. The van der Waals surface area contributed by atoms with Gasteiger partial charge in [0.15, 0.2) is 0 Å². The van der Waals surface area contributed by atoms with Gasteiger partial charge in [-0.15, -0.1) is 0 Å². The van der Waals surface area contributed by atoms with E-state index < -0.39 is 0 Å².